The van der Waals surface area contributed by atoms with Crippen molar-refractivity contribution in [3.63, 3.8) is 0 Å². The second kappa shape index (κ2) is 12.2. The number of carboxylic acids is 1. The Balaban J connectivity index is 0. The predicted molar refractivity (Wildman–Crippen MR) is 65.6 cm³/mol. The van der Waals surface area contributed by atoms with Crippen LogP contribution in [0, 0.1) is 0 Å². The zero-order valence-electron chi connectivity index (χ0n) is 11.0. The molecule has 0 unspecified atom stereocenters. The molecular formula is C12H25NO3. The van der Waals surface area contributed by atoms with E-state index in [1.807, 2.05) is 6.92 Å². The Kier molecular flexibility index (Phi) is 13.3. The van der Waals surface area contributed by atoms with Gasteiger partial charge in [0.15, 0.2) is 0 Å². The first-order valence-corrected chi connectivity index (χ1v) is 6.01. The number of rotatable bonds is 7. The molecule has 0 radical (unpaired) electrons. The smallest absolute Gasteiger partial charge is 0.372 e. The molecule has 0 aromatic rings. The van der Waals surface area contributed by atoms with E-state index in [2.05, 4.69) is 25.7 Å². The summed E-state index contributed by atoms with van der Waals surface area (Å²) in [5.74, 6) is -2.00. The van der Waals surface area contributed by atoms with Gasteiger partial charge in [-0.15, -0.1) is 0 Å². The second-order valence-corrected chi connectivity index (χ2v) is 3.45. The largest absolute Gasteiger partial charge is 0.476 e. The zero-order valence-corrected chi connectivity index (χ0v) is 11.0. The van der Waals surface area contributed by atoms with Crippen molar-refractivity contribution in [3.8, 4) is 0 Å². The number of hydrogen-bond donors (Lipinski definition) is 1. The van der Waals surface area contributed by atoms with E-state index in [4.69, 9.17) is 5.11 Å². The van der Waals surface area contributed by atoms with Gasteiger partial charge in [-0.2, -0.15) is 0 Å². The van der Waals surface area contributed by atoms with E-state index in [-0.39, 0.29) is 6.42 Å². The Morgan fingerprint density at radius 2 is 1.44 bits per heavy atom. The number of Topliss-reactive ketones (excluding diaryl/α,β-unsaturated/α-hetero) is 1. The molecule has 16 heavy (non-hydrogen) atoms. The van der Waals surface area contributed by atoms with Crippen LogP contribution in [0.25, 0.3) is 0 Å². The fraction of sp³-hybridized carbons (Fsp3) is 0.833. The van der Waals surface area contributed by atoms with Gasteiger partial charge in [-0.3, -0.25) is 4.79 Å². The van der Waals surface area contributed by atoms with Crippen molar-refractivity contribution in [1.29, 1.82) is 0 Å². The molecule has 0 aromatic heterocycles. The maximum absolute atomic E-state index is 10.3. The maximum atomic E-state index is 10.3. The van der Waals surface area contributed by atoms with Crippen LogP contribution in [0.2, 0.25) is 0 Å². The summed E-state index contributed by atoms with van der Waals surface area (Å²) in [4.78, 5) is 22.5. The van der Waals surface area contributed by atoms with Crippen molar-refractivity contribution >= 4 is 11.8 Å². The highest BCUT2D eigenvalue weighted by atomic mass is 16.4. The van der Waals surface area contributed by atoms with E-state index >= 15 is 0 Å². The van der Waals surface area contributed by atoms with Crippen LogP contribution in [0.3, 0.4) is 0 Å². The Morgan fingerprint density at radius 1 is 1.00 bits per heavy atom. The van der Waals surface area contributed by atoms with Gasteiger partial charge in [0.05, 0.1) is 0 Å². The lowest BCUT2D eigenvalue weighted by Gasteiger charge is -2.13. The van der Waals surface area contributed by atoms with Gasteiger partial charge in [-0.05, 0) is 26.1 Å². The van der Waals surface area contributed by atoms with Crippen molar-refractivity contribution in [2.75, 3.05) is 19.6 Å². The highest BCUT2D eigenvalue weighted by Gasteiger charge is 2.08. The summed E-state index contributed by atoms with van der Waals surface area (Å²) in [7, 11) is 0. The monoisotopic (exact) mass is 231 g/mol. The molecule has 0 aliphatic rings. The molecule has 96 valence electrons. The van der Waals surface area contributed by atoms with Crippen molar-refractivity contribution in [2.24, 2.45) is 0 Å². The molecule has 1 N–H and O–H groups in total. The average molecular weight is 231 g/mol. The fourth-order valence-corrected chi connectivity index (χ4v) is 1.12. The minimum atomic E-state index is -1.32. The summed E-state index contributed by atoms with van der Waals surface area (Å²) >= 11 is 0. The third-order valence-electron chi connectivity index (χ3n) is 2.34. The van der Waals surface area contributed by atoms with E-state index in [1.165, 1.54) is 19.6 Å². The number of ketones is 1. The first kappa shape index (κ1) is 17.5. The molecule has 0 rings (SSSR count). The maximum Gasteiger partial charge on any atom is 0.372 e. The van der Waals surface area contributed by atoms with E-state index in [0.29, 0.717) is 6.42 Å². The third-order valence-corrected chi connectivity index (χ3v) is 2.34. The second-order valence-electron chi connectivity index (χ2n) is 3.45. The number of aliphatic carboxylic acids is 1. The van der Waals surface area contributed by atoms with E-state index in [1.54, 1.807) is 0 Å². The van der Waals surface area contributed by atoms with E-state index in [9.17, 15) is 9.59 Å². The lowest BCUT2D eigenvalue weighted by atomic mass is 10.2. The van der Waals surface area contributed by atoms with Gasteiger partial charge in [-0.25, -0.2) is 4.79 Å². The van der Waals surface area contributed by atoms with Gasteiger partial charge in [-0.1, -0.05) is 34.1 Å². The van der Waals surface area contributed by atoms with Gasteiger partial charge in [0.1, 0.15) is 0 Å². The fourth-order valence-electron chi connectivity index (χ4n) is 1.12. The summed E-state index contributed by atoms with van der Waals surface area (Å²) in [6.45, 7) is 12.0. The number of hydrogen-bond acceptors (Lipinski definition) is 3. The van der Waals surface area contributed by atoms with Crippen molar-refractivity contribution in [2.45, 2.75) is 47.0 Å². The molecule has 0 spiro atoms. The molecule has 0 heterocycles. The van der Waals surface area contributed by atoms with Crippen LogP contribution in [-0.4, -0.2) is 41.4 Å². The number of nitrogens with zero attached hydrogens (tertiary/aromatic N) is 1. The minimum absolute atomic E-state index is 0.172. The van der Waals surface area contributed by atoms with Crippen LogP contribution >= 0.6 is 0 Å². The van der Waals surface area contributed by atoms with Crippen molar-refractivity contribution < 1.29 is 14.7 Å². The molecule has 0 saturated heterocycles. The molecule has 0 fully saturated rings. The number of carbonyl (C=O) groups is 2. The van der Waals surface area contributed by atoms with Crippen molar-refractivity contribution in [3.05, 3.63) is 0 Å². The zero-order chi connectivity index (χ0) is 13.0. The van der Waals surface area contributed by atoms with Crippen LogP contribution in [0.1, 0.15) is 47.0 Å². The molecular weight excluding hydrogens is 206 g/mol. The standard InChI is InChI=1S/C6H15N.C6H10O3/c1-4-7(5-2)6-3;1-2-3-4-5(7)6(8)9/h4-6H2,1-3H3;2-4H2,1H3,(H,8,9). The highest BCUT2D eigenvalue weighted by molar-refractivity contribution is 6.32. The molecule has 0 aromatic carbocycles. The molecule has 0 bridgehead atoms. The van der Waals surface area contributed by atoms with Crippen LogP contribution in [0.15, 0.2) is 0 Å². The molecule has 0 amide bonds. The summed E-state index contributed by atoms with van der Waals surface area (Å²) in [6.07, 6.45) is 1.70. The summed E-state index contributed by atoms with van der Waals surface area (Å²) in [6, 6.07) is 0. The van der Waals surface area contributed by atoms with Gasteiger partial charge in [0, 0.05) is 6.42 Å². The highest BCUT2D eigenvalue weighted by Crippen LogP contribution is 1.94. The molecule has 4 nitrogen and oxygen atoms in total. The molecule has 4 heteroatoms. The summed E-state index contributed by atoms with van der Waals surface area (Å²) in [5.41, 5.74) is 0. The SMILES string of the molecule is CCCCC(=O)C(=O)O.CCN(CC)CC. The number of carboxylic acid groups (broad SMARTS) is 1. The Morgan fingerprint density at radius 3 is 1.62 bits per heavy atom. The van der Waals surface area contributed by atoms with Crippen LogP contribution in [-0.2, 0) is 9.59 Å². The molecule has 0 saturated carbocycles. The lowest BCUT2D eigenvalue weighted by molar-refractivity contribution is -0.149. The van der Waals surface area contributed by atoms with Gasteiger partial charge in [0.25, 0.3) is 0 Å². The van der Waals surface area contributed by atoms with Crippen LogP contribution in [0.5, 0.6) is 0 Å². The third kappa shape index (κ3) is 11.2. The number of carbonyl (C=O) groups excluding carboxylic acids is 1. The Hall–Kier alpha value is -0.900. The number of unbranched alkanes of at least 4 members (excludes halogenated alkanes) is 1. The lowest BCUT2D eigenvalue weighted by Crippen LogP contribution is -2.21. The van der Waals surface area contributed by atoms with Crippen molar-refractivity contribution in [1.82, 2.24) is 4.90 Å². The van der Waals surface area contributed by atoms with E-state index in [0.717, 1.165) is 6.42 Å². The topological polar surface area (TPSA) is 57.6 Å². The Labute approximate surface area is 98.6 Å². The van der Waals surface area contributed by atoms with Crippen LogP contribution in [0.4, 0.5) is 0 Å². The predicted octanol–water partition coefficient (Wildman–Crippen LogP) is 2.18. The molecule has 0 atom stereocenters. The minimum Gasteiger partial charge on any atom is -0.476 e. The first-order chi connectivity index (χ1) is 7.53. The van der Waals surface area contributed by atoms with Gasteiger partial charge in [0.2, 0.25) is 5.78 Å². The Bertz CT molecular complexity index is 183. The van der Waals surface area contributed by atoms with Gasteiger partial charge >= 0.3 is 5.97 Å². The normalized spacial score (nSPS) is 9.56. The summed E-state index contributed by atoms with van der Waals surface area (Å²) < 4.78 is 0. The molecule has 0 aliphatic heterocycles. The quantitative estimate of drug-likeness (QED) is 0.682. The van der Waals surface area contributed by atoms with Gasteiger partial charge < -0.3 is 10.0 Å². The first-order valence-electron chi connectivity index (χ1n) is 6.01. The average Bonchev–Trinajstić information content (AvgIpc) is 2.29. The van der Waals surface area contributed by atoms with Crippen LogP contribution < -0.4 is 0 Å². The summed E-state index contributed by atoms with van der Waals surface area (Å²) in [5, 5.41) is 8.06. The molecule has 0 aliphatic carbocycles. The van der Waals surface area contributed by atoms with E-state index < -0.39 is 11.8 Å².